The summed E-state index contributed by atoms with van der Waals surface area (Å²) in [6.45, 7) is 9.75. The van der Waals surface area contributed by atoms with Gasteiger partial charge in [-0.1, -0.05) is 18.2 Å². The lowest BCUT2D eigenvalue weighted by atomic mass is 9.85. The number of ether oxygens (including phenoxy) is 2. The summed E-state index contributed by atoms with van der Waals surface area (Å²) < 4.78 is 11.7. The molecule has 2 amide bonds. The number of allylic oxidation sites excluding steroid dienone is 3. The van der Waals surface area contributed by atoms with Crippen molar-refractivity contribution in [1.82, 2.24) is 5.01 Å². The minimum Gasteiger partial charge on any atom is -0.493 e. The first kappa shape index (κ1) is 20.4. The Morgan fingerprint density at radius 1 is 1.17 bits per heavy atom. The summed E-state index contributed by atoms with van der Waals surface area (Å²) in [7, 11) is 1.58. The van der Waals surface area contributed by atoms with Crippen LogP contribution in [-0.2, 0) is 16.0 Å². The molecule has 0 radical (unpaired) electrons. The SMILES string of the molecule is C=CCc1cc(C=NN2C(=O)C3C4C=CC(C4)C3C2=O)cc(OC)c1OC(C)(C)C. The van der Waals surface area contributed by atoms with Crippen LogP contribution in [0.2, 0.25) is 0 Å². The number of carbonyl (C=O) groups excluding carboxylic acids is 2. The van der Waals surface area contributed by atoms with E-state index in [0.717, 1.165) is 22.6 Å². The molecule has 1 aliphatic heterocycles. The Bertz CT molecular complexity index is 927. The number of amides is 2. The first-order chi connectivity index (χ1) is 14.2. The second-order valence-electron chi connectivity index (χ2n) is 9.15. The molecule has 6 heteroatoms. The molecule has 4 unspecified atom stereocenters. The van der Waals surface area contributed by atoms with Crippen molar-refractivity contribution in [2.75, 3.05) is 7.11 Å². The highest BCUT2D eigenvalue weighted by Crippen LogP contribution is 2.52. The number of methoxy groups -OCH3 is 1. The lowest BCUT2D eigenvalue weighted by Gasteiger charge is -2.25. The lowest BCUT2D eigenvalue weighted by molar-refractivity contribution is -0.140. The van der Waals surface area contributed by atoms with Gasteiger partial charge in [-0.25, -0.2) is 0 Å². The van der Waals surface area contributed by atoms with Crippen LogP contribution in [0, 0.1) is 23.7 Å². The van der Waals surface area contributed by atoms with Gasteiger partial charge in [0, 0.05) is 5.56 Å². The van der Waals surface area contributed by atoms with Crippen LogP contribution in [0.5, 0.6) is 11.5 Å². The highest BCUT2D eigenvalue weighted by atomic mass is 16.5. The van der Waals surface area contributed by atoms with E-state index in [2.05, 4.69) is 23.8 Å². The molecule has 1 aromatic carbocycles. The Kier molecular flexibility index (Phi) is 5.04. The van der Waals surface area contributed by atoms with Crippen molar-refractivity contribution in [2.24, 2.45) is 28.8 Å². The molecule has 4 atom stereocenters. The molecule has 1 heterocycles. The molecule has 0 N–H and O–H groups in total. The molecule has 1 saturated heterocycles. The van der Waals surface area contributed by atoms with Gasteiger partial charge in [0.15, 0.2) is 11.5 Å². The Hall–Kier alpha value is -2.89. The number of fused-ring (bicyclic) bond motifs is 5. The zero-order valence-electron chi connectivity index (χ0n) is 17.9. The smallest absolute Gasteiger partial charge is 0.254 e. The number of rotatable bonds is 6. The molecule has 4 rings (SSSR count). The Labute approximate surface area is 177 Å². The summed E-state index contributed by atoms with van der Waals surface area (Å²) in [5.74, 6) is 0.690. The maximum absolute atomic E-state index is 12.8. The van der Waals surface area contributed by atoms with E-state index in [1.807, 2.05) is 26.8 Å². The van der Waals surface area contributed by atoms with E-state index < -0.39 is 5.60 Å². The highest BCUT2D eigenvalue weighted by molar-refractivity contribution is 6.06. The van der Waals surface area contributed by atoms with Crippen molar-refractivity contribution in [1.29, 1.82) is 0 Å². The standard InChI is InChI=1S/C24H28N2O4/c1-6-7-17-10-14(11-18(29-5)21(17)30-24(2,3)4)13-25-26-22(27)19-15-8-9-16(12-15)20(19)23(26)28/h6,8-11,13,15-16,19-20H,1,7,12H2,2-5H3. The second kappa shape index (κ2) is 7.42. The Morgan fingerprint density at radius 3 is 2.33 bits per heavy atom. The average molecular weight is 408 g/mol. The maximum Gasteiger partial charge on any atom is 0.254 e. The summed E-state index contributed by atoms with van der Waals surface area (Å²) in [5, 5.41) is 5.33. The molecule has 2 bridgehead atoms. The quantitative estimate of drug-likeness (QED) is 0.409. The number of nitrogens with zero attached hydrogens (tertiary/aromatic N) is 2. The van der Waals surface area contributed by atoms with Crippen LogP contribution in [0.1, 0.15) is 38.3 Å². The molecular weight excluding hydrogens is 380 g/mol. The zero-order valence-corrected chi connectivity index (χ0v) is 17.9. The van der Waals surface area contributed by atoms with E-state index in [1.165, 1.54) is 0 Å². The summed E-state index contributed by atoms with van der Waals surface area (Å²) in [6, 6.07) is 3.72. The number of benzene rings is 1. The molecule has 0 aromatic heterocycles. The normalized spacial score (nSPS) is 27.3. The van der Waals surface area contributed by atoms with Gasteiger partial charge in [-0.15, -0.1) is 6.58 Å². The van der Waals surface area contributed by atoms with Gasteiger partial charge in [0.1, 0.15) is 5.60 Å². The van der Waals surface area contributed by atoms with Crippen molar-refractivity contribution < 1.29 is 19.1 Å². The Balaban J connectivity index is 1.62. The lowest BCUT2D eigenvalue weighted by Crippen LogP contribution is -2.28. The van der Waals surface area contributed by atoms with Crippen LogP contribution in [-0.4, -0.2) is 35.7 Å². The summed E-state index contributed by atoms with van der Waals surface area (Å²) in [4.78, 5) is 25.6. The van der Waals surface area contributed by atoms with Crippen LogP contribution < -0.4 is 9.47 Å². The van der Waals surface area contributed by atoms with Gasteiger partial charge in [0.2, 0.25) is 0 Å². The van der Waals surface area contributed by atoms with Crippen LogP contribution in [0.4, 0.5) is 0 Å². The molecule has 30 heavy (non-hydrogen) atoms. The number of hydrogen-bond acceptors (Lipinski definition) is 5. The van der Waals surface area contributed by atoms with Crippen molar-refractivity contribution >= 4 is 18.0 Å². The van der Waals surface area contributed by atoms with Crippen LogP contribution >= 0.6 is 0 Å². The monoisotopic (exact) mass is 408 g/mol. The summed E-state index contributed by atoms with van der Waals surface area (Å²) in [6.07, 6.45) is 8.98. The summed E-state index contributed by atoms with van der Waals surface area (Å²) >= 11 is 0. The largest absolute Gasteiger partial charge is 0.493 e. The third kappa shape index (κ3) is 3.44. The first-order valence-corrected chi connectivity index (χ1v) is 10.3. The molecule has 158 valence electrons. The molecule has 6 nitrogen and oxygen atoms in total. The van der Waals surface area contributed by atoms with E-state index in [9.17, 15) is 9.59 Å². The topological polar surface area (TPSA) is 68.2 Å². The fraction of sp³-hybridized carbons (Fsp3) is 0.458. The van der Waals surface area contributed by atoms with Crippen molar-refractivity contribution in [3.63, 3.8) is 0 Å². The fourth-order valence-corrected chi connectivity index (χ4v) is 4.76. The predicted molar refractivity (Wildman–Crippen MR) is 114 cm³/mol. The van der Waals surface area contributed by atoms with Gasteiger partial charge in [-0.2, -0.15) is 10.1 Å². The van der Waals surface area contributed by atoms with Gasteiger partial charge < -0.3 is 9.47 Å². The minimum atomic E-state index is -0.391. The first-order valence-electron chi connectivity index (χ1n) is 10.3. The van der Waals surface area contributed by atoms with Gasteiger partial charge in [0.25, 0.3) is 11.8 Å². The molecule has 2 fully saturated rings. The van der Waals surface area contributed by atoms with E-state index in [1.54, 1.807) is 25.5 Å². The van der Waals surface area contributed by atoms with E-state index in [-0.39, 0.29) is 35.5 Å². The third-order valence-electron chi connectivity index (χ3n) is 5.92. The van der Waals surface area contributed by atoms with Gasteiger partial charge in [-0.05, 0) is 63.1 Å². The van der Waals surface area contributed by atoms with Gasteiger partial charge >= 0.3 is 0 Å². The molecule has 3 aliphatic rings. The molecule has 0 spiro atoms. The third-order valence-corrected chi connectivity index (χ3v) is 5.92. The fourth-order valence-electron chi connectivity index (χ4n) is 4.76. The van der Waals surface area contributed by atoms with Crippen molar-refractivity contribution in [2.45, 2.75) is 39.2 Å². The Morgan fingerprint density at radius 2 is 1.80 bits per heavy atom. The van der Waals surface area contributed by atoms with E-state index in [0.29, 0.717) is 17.9 Å². The average Bonchev–Trinajstić information content (AvgIpc) is 3.35. The van der Waals surface area contributed by atoms with Gasteiger partial charge in [-0.3, -0.25) is 9.59 Å². The van der Waals surface area contributed by atoms with Gasteiger partial charge in [0.05, 0.1) is 25.2 Å². The second-order valence-corrected chi connectivity index (χ2v) is 9.15. The molecular formula is C24H28N2O4. The number of hydrazone groups is 1. The van der Waals surface area contributed by atoms with E-state index in [4.69, 9.17) is 9.47 Å². The number of imide groups is 1. The number of hydrogen-bond donors (Lipinski definition) is 0. The minimum absolute atomic E-state index is 0.171. The van der Waals surface area contributed by atoms with Crippen molar-refractivity contribution in [3.05, 3.63) is 48.1 Å². The zero-order chi connectivity index (χ0) is 21.6. The molecule has 2 aliphatic carbocycles. The molecule has 1 saturated carbocycles. The summed E-state index contributed by atoms with van der Waals surface area (Å²) in [5.41, 5.74) is 1.24. The van der Waals surface area contributed by atoms with E-state index >= 15 is 0 Å². The highest BCUT2D eigenvalue weighted by Gasteiger charge is 2.59. The van der Waals surface area contributed by atoms with Crippen LogP contribution in [0.15, 0.2) is 42.0 Å². The van der Waals surface area contributed by atoms with Crippen molar-refractivity contribution in [3.8, 4) is 11.5 Å². The van der Waals surface area contributed by atoms with Crippen LogP contribution in [0.3, 0.4) is 0 Å². The molecule has 1 aromatic rings. The van der Waals surface area contributed by atoms with Crippen LogP contribution in [0.25, 0.3) is 0 Å². The maximum atomic E-state index is 12.8. The number of carbonyl (C=O) groups is 2. The predicted octanol–water partition coefficient (Wildman–Crippen LogP) is 3.74.